The Labute approximate surface area is 123 Å². The molecule has 1 N–H and O–H groups in total. The quantitative estimate of drug-likeness (QED) is 0.817. The van der Waals surface area contributed by atoms with Crippen LogP contribution < -0.4 is 5.32 Å². The van der Waals surface area contributed by atoms with Gasteiger partial charge in [-0.1, -0.05) is 48.0 Å². The maximum Gasteiger partial charge on any atom is 0.0584 e. The van der Waals surface area contributed by atoms with Crippen molar-refractivity contribution >= 4 is 22.6 Å². The zero-order valence-electron chi connectivity index (χ0n) is 11.0. The second-order valence-electron chi connectivity index (χ2n) is 4.61. The lowest BCUT2D eigenvalue weighted by Gasteiger charge is -2.20. The van der Waals surface area contributed by atoms with Crippen molar-refractivity contribution in [2.45, 2.75) is 19.9 Å². The summed E-state index contributed by atoms with van der Waals surface area (Å²) in [7, 11) is 2.02. The minimum Gasteiger partial charge on any atom is -0.309 e. The number of rotatable bonds is 3. The van der Waals surface area contributed by atoms with Gasteiger partial charge in [-0.05, 0) is 60.2 Å². The van der Waals surface area contributed by atoms with Crippen molar-refractivity contribution in [3.05, 3.63) is 68.3 Å². The first-order chi connectivity index (χ1) is 8.63. The van der Waals surface area contributed by atoms with E-state index in [9.17, 15) is 0 Å². The van der Waals surface area contributed by atoms with E-state index < -0.39 is 0 Å². The Morgan fingerprint density at radius 2 is 1.78 bits per heavy atom. The van der Waals surface area contributed by atoms with Crippen molar-refractivity contribution in [1.82, 2.24) is 5.32 Å². The molecule has 0 bridgehead atoms. The van der Waals surface area contributed by atoms with Crippen LogP contribution in [0.5, 0.6) is 0 Å². The monoisotopic (exact) mass is 351 g/mol. The fraction of sp³-hybridized carbons (Fsp3) is 0.250. The predicted molar refractivity (Wildman–Crippen MR) is 86.0 cm³/mol. The molecule has 0 aliphatic carbocycles. The second-order valence-corrected chi connectivity index (χ2v) is 5.69. The lowest BCUT2D eigenvalue weighted by atomic mass is 9.96. The fourth-order valence-corrected chi connectivity index (χ4v) is 2.92. The summed E-state index contributed by atoms with van der Waals surface area (Å²) in [5, 5.41) is 3.43. The van der Waals surface area contributed by atoms with Crippen molar-refractivity contribution in [3.63, 3.8) is 0 Å². The molecular weight excluding hydrogens is 333 g/mol. The third-order valence-corrected chi connectivity index (χ3v) is 4.67. The molecule has 1 nitrogen and oxygen atoms in total. The van der Waals surface area contributed by atoms with Crippen molar-refractivity contribution in [1.29, 1.82) is 0 Å². The molecule has 0 aliphatic heterocycles. The van der Waals surface area contributed by atoms with Gasteiger partial charge in [-0.15, -0.1) is 0 Å². The molecule has 0 radical (unpaired) electrons. The third kappa shape index (κ3) is 2.75. The number of hydrogen-bond acceptors (Lipinski definition) is 1. The normalized spacial score (nSPS) is 12.4. The van der Waals surface area contributed by atoms with Crippen LogP contribution in [-0.4, -0.2) is 7.05 Å². The Kier molecular flexibility index (Phi) is 4.40. The number of benzene rings is 2. The largest absolute Gasteiger partial charge is 0.309 e. The van der Waals surface area contributed by atoms with Gasteiger partial charge < -0.3 is 5.32 Å². The van der Waals surface area contributed by atoms with Crippen molar-refractivity contribution < 1.29 is 0 Å². The summed E-state index contributed by atoms with van der Waals surface area (Å²) in [6.45, 7) is 4.30. The van der Waals surface area contributed by atoms with Crippen LogP contribution in [0.15, 0.2) is 42.5 Å². The molecule has 0 aromatic heterocycles. The molecule has 0 spiro atoms. The predicted octanol–water partition coefficient (Wildman–Crippen LogP) is 4.22. The molecule has 2 aromatic carbocycles. The highest BCUT2D eigenvalue weighted by Gasteiger charge is 2.15. The highest BCUT2D eigenvalue weighted by molar-refractivity contribution is 14.1. The smallest absolute Gasteiger partial charge is 0.0584 e. The van der Waals surface area contributed by atoms with Gasteiger partial charge in [0.2, 0.25) is 0 Å². The molecule has 0 saturated carbocycles. The SMILES string of the molecule is CNC(c1cccc(C)c1)c1cccc(C)c1I. The summed E-state index contributed by atoms with van der Waals surface area (Å²) in [6, 6.07) is 15.5. The molecule has 2 heteroatoms. The van der Waals surface area contributed by atoms with Gasteiger partial charge in [0.15, 0.2) is 0 Å². The van der Waals surface area contributed by atoms with E-state index in [4.69, 9.17) is 0 Å². The summed E-state index contributed by atoms with van der Waals surface area (Å²) in [5.74, 6) is 0. The lowest BCUT2D eigenvalue weighted by Crippen LogP contribution is -2.19. The Balaban J connectivity index is 2.49. The number of nitrogens with one attached hydrogen (secondary N) is 1. The minimum absolute atomic E-state index is 0.261. The second kappa shape index (κ2) is 5.85. The van der Waals surface area contributed by atoms with Gasteiger partial charge in [0.1, 0.15) is 0 Å². The number of hydrogen-bond donors (Lipinski definition) is 1. The molecule has 1 atom stereocenters. The van der Waals surface area contributed by atoms with Crippen LogP contribution in [0.2, 0.25) is 0 Å². The topological polar surface area (TPSA) is 12.0 Å². The summed E-state index contributed by atoms with van der Waals surface area (Å²) in [6.07, 6.45) is 0. The summed E-state index contributed by atoms with van der Waals surface area (Å²) in [4.78, 5) is 0. The van der Waals surface area contributed by atoms with E-state index in [0.717, 1.165) is 0 Å². The lowest BCUT2D eigenvalue weighted by molar-refractivity contribution is 0.687. The van der Waals surface area contributed by atoms with Gasteiger partial charge in [-0.25, -0.2) is 0 Å². The molecule has 2 rings (SSSR count). The Hall–Kier alpha value is -0.870. The van der Waals surface area contributed by atoms with E-state index in [1.54, 1.807) is 0 Å². The van der Waals surface area contributed by atoms with Crippen LogP contribution in [0, 0.1) is 17.4 Å². The van der Waals surface area contributed by atoms with E-state index in [2.05, 4.69) is 84.2 Å². The molecule has 0 aliphatic rings. The van der Waals surface area contributed by atoms with E-state index in [0.29, 0.717) is 0 Å². The Morgan fingerprint density at radius 3 is 2.44 bits per heavy atom. The molecule has 18 heavy (non-hydrogen) atoms. The van der Waals surface area contributed by atoms with Crippen LogP contribution in [0.1, 0.15) is 28.3 Å². The summed E-state index contributed by atoms with van der Waals surface area (Å²) >= 11 is 2.44. The first kappa shape index (κ1) is 13.6. The number of aryl methyl sites for hydroxylation is 2. The van der Waals surface area contributed by atoms with Gasteiger partial charge in [0, 0.05) is 3.57 Å². The molecule has 0 saturated heterocycles. The van der Waals surface area contributed by atoms with Crippen LogP contribution in [0.25, 0.3) is 0 Å². The van der Waals surface area contributed by atoms with Crippen LogP contribution in [0.3, 0.4) is 0 Å². The molecule has 0 heterocycles. The van der Waals surface area contributed by atoms with Crippen molar-refractivity contribution in [2.75, 3.05) is 7.05 Å². The van der Waals surface area contributed by atoms with E-state index in [1.807, 2.05) is 7.05 Å². The van der Waals surface area contributed by atoms with E-state index >= 15 is 0 Å². The van der Waals surface area contributed by atoms with Crippen molar-refractivity contribution in [2.24, 2.45) is 0 Å². The first-order valence-electron chi connectivity index (χ1n) is 6.12. The molecular formula is C16H18IN. The number of halogens is 1. The van der Waals surface area contributed by atoms with Gasteiger partial charge in [-0.3, -0.25) is 0 Å². The van der Waals surface area contributed by atoms with Crippen LogP contribution >= 0.6 is 22.6 Å². The first-order valence-corrected chi connectivity index (χ1v) is 7.20. The maximum atomic E-state index is 3.43. The van der Waals surface area contributed by atoms with E-state index in [-0.39, 0.29) is 6.04 Å². The zero-order valence-corrected chi connectivity index (χ0v) is 13.2. The average Bonchev–Trinajstić information content (AvgIpc) is 2.35. The fourth-order valence-electron chi connectivity index (χ4n) is 2.24. The zero-order chi connectivity index (χ0) is 13.1. The summed E-state index contributed by atoms with van der Waals surface area (Å²) in [5.41, 5.74) is 5.31. The molecule has 0 fully saturated rings. The highest BCUT2D eigenvalue weighted by atomic mass is 127. The highest BCUT2D eigenvalue weighted by Crippen LogP contribution is 2.28. The van der Waals surface area contributed by atoms with Gasteiger partial charge in [-0.2, -0.15) is 0 Å². The third-order valence-electron chi connectivity index (χ3n) is 3.20. The molecule has 94 valence electrons. The van der Waals surface area contributed by atoms with E-state index in [1.165, 1.54) is 25.8 Å². The Morgan fingerprint density at radius 1 is 1.06 bits per heavy atom. The van der Waals surface area contributed by atoms with Gasteiger partial charge >= 0.3 is 0 Å². The van der Waals surface area contributed by atoms with Crippen LogP contribution in [-0.2, 0) is 0 Å². The Bertz CT molecular complexity index is 549. The van der Waals surface area contributed by atoms with Gasteiger partial charge in [0.25, 0.3) is 0 Å². The summed E-state index contributed by atoms with van der Waals surface area (Å²) < 4.78 is 1.34. The van der Waals surface area contributed by atoms with Gasteiger partial charge in [0.05, 0.1) is 6.04 Å². The minimum atomic E-state index is 0.261. The maximum absolute atomic E-state index is 3.43. The molecule has 0 amide bonds. The average molecular weight is 351 g/mol. The van der Waals surface area contributed by atoms with Crippen LogP contribution in [0.4, 0.5) is 0 Å². The molecule has 1 unspecified atom stereocenters. The standard InChI is InChI=1S/C16H18IN/c1-11-6-4-8-13(10-11)16(18-3)14-9-5-7-12(2)15(14)17/h4-10,16,18H,1-3H3. The molecule has 2 aromatic rings. The van der Waals surface area contributed by atoms with Crippen molar-refractivity contribution in [3.8, 4) is 0 Å².